The molecule has 0 saturated carbocycles. The second-order valence-corrected chi connectivity index (χ2v) is 9.09. The summed E-state index contributed by atoms with van der Waals surface area (Å²) in [7, 11) is 2.16. The Bertz CT molecular complexity index is 744. The van der Waals surface area contributed by atoms with Crippen molar-refractivity contribution >= 4 is 17.2 Å². The number of fused-ring (bicyclic) bond motifs is 1. The fraction of sp³-hybridized carbons (Fsp3) is 0.571. The molecule has 1 aliphatic heterocycles. The first-order valence-corrected chi connectivity index (χ1v) is 10.6. The lowest BCUT2D eigenvalue weighted by atomic mass is 9.90. The first kappa shape index (κ1) is 17.8. The van der Waals surface area contributed by atoms with Gasteiger partial charge in [0.25, 0.3) is 5.91 Å². The third-order valence-electron chi connectivity index (χ3n) is 5.84. The van der Waals surface area contributed by atoms with Crippen LogP contribution in [0, 0.1) is 5.92 Å². The Morgan fingerprint density at radius 3 is 2.88 bits per heavy atom. The van der Waals surface area contributed by atoms with Crippen LogP contribution in [0.3, 0.4) is 0 Å². The lowest BCUT2D eigenvalue weighted by Crippen LogP contribution is -2.46. The Kier molecular flexibility index (Phi) is 5.18. The fourth-order valence-electron chi connectivity index (χ4n) is 4.20. The molecular weight excluding hydrogens is 344 g/mol. The van der Waals surface area contributed by atoms with Crippen LogP contribution in [0.2, 0.25) is 0 Å². The molecule has 0 aromatic carbocycles. The molecule has 1 aliphatic carbocycles. The van der Waals surface area contributed by atoms with E-state index in [1.54, 1.807) is 17.6 Å². The third-order valence-corrected chi connectivity index (χ3v) is 7.06. The minimum atomic E-state index is 0.183. The molecule has 4 rings (SSSR count). The number of likely N-dealkylation sites (tertiary alicyclic amines) is 1. The average molecular weight is 373 g/mol. The smallest absolute Gasteiger partial charge is 0.264 e. The molecule has 2 aromatic heterocycles. The van der Waals surface area contributed by atoms with E-state index in [2.05, 4.69) is 29.8 Å². The van der Waals surface area contributed by atoms with E-state index >= 15 is 0 Å². The number of amides is 1. The maximum Gasteiger partial charge on any atom is 0.264 e. The fourth-order valence-corrected chi connectivity index (χ4v) is 5.36. The average Bonchev–Trinajstić information content (AvgIpc) is 3.29. The van der Waals surface area contributed by atoms with Crippen LogP contribution < -0.4 is 0 Å². The molecule has 2 aromatic rings. The van der Waals surface area contributed by atoms with Gasteiger partial charge in [0.15, 0.2) is 0 Å². The molecule has 1 atom stereocenters. The number of hydrogen-bond acceptors (Lipinski definition) is 4. The van der Waals surface area contributed by atoms with E-state index < -0.39 is 0 Å². The van der Waals surface area contributed by atoms with Gasteiger partial charge in [-0.1, -0.05) is 6.92 Å². The molecule has 2 aliphatic rings. The number of hydrogen-bond donors (Lipinski definition) is 0. The molecule has 1 fully saturated rings. The Hall–Kier alpha value is -1.59. The van der Waals surface area contributed by atoms with E-state index in [0.717, 1.165) is 55.3 Å². The van der Waals surface area contributed by atoms with Crippen LogP contribution in [0.4, 0.5) is 0 Å². The number of piperidine rings is 1. The second-order valence-electron chi connectivity index (χ2n) is 7.95. The van der Waals surface area contributed by atoms with Gasteiger partial charge in [0.2, 0.25) is 0 Å². The van der Waals surface area contributed by atoms with Crippen molar-refractivity contribution in [3.8, 4) is 0 Å². The van der Waals surface area contributed by atoms with Gasteiger partial charge in [0.05, 0.1) is 17.7 Å². The molecule has 0 radical (unpaired) electrons. The second kappa shape index (κ2) is 7.57. The maximum absolute atomic E-state index is 13.4. The highest BCUT2D eigenvalue weighted by atomic mass is 32.1. The molecule has 1 amide bonds. The van der Waals surface area contributed by atoms with Crippen LogP contribution in [0.5, 0.6) is 0 Å². The Morgan fingerprint density at radius 1 is 1.35 bits per heavy atom. The summed E-state index contributed by atoms with van der Waals surface area (Å²) < 4.78 is 5.56. The summed E-state index contributed by atoms with van der Waals surface area (Å²) in [5.41, 5.74) is 1.40. The molecule has 0 bridgehead atoms. The van der Waals surface area contributed by atoms with E-state index in [9.17, 15) is 4.79 Å². The van der Waals surface area contributed by atoms with Gasteiger partial charge < -0.3 is 14.2 Å². The van der Waals surface area contributed by atoms with Crippen molar-refractivity contribution in [2.24, 2.45) is 5.92 Å². The predicted molar refractivity (Wildman–Crippen MR) is 105 cm³/mol. The number of aryl methyl sites for hydroxylation is 1. The van der Waals surface area contributed by atoms with E-state index in [1.165, 1.54) is 16.9 Å². The molecule has 3 heterocycles. The quantitative estimate of drug-likeness (QED) is 0.807. The van der Waals surface area contributed by atoms with Crippen molar-refractivity contribution in [1.29, 1.82) is 0 Å². The van der Waals surface area contributed by atoms with Crippen LogP contribution >= 0.6 is 11.3 Å². The highest BCUT2D eigenvalue weighted by molar-refractivity contribution is 7.14. The van der Waals surface area contributed by atoms with Gasteiger partial charge in [-0.2, -0.15) is 0 Å². The maximum atomic E-state index is 13.4. The Balaban J connectivity index is 1.57. The monoisotopic (exact) mass is 372 g/mol. The highest BCUT2D eigenvalue weighted by Gasteiger charge is 2.30. The lowest BCUT2D eigenvalue weighted by molar-refractivity contribution is 0.0555. The SMILES string of the molecule is CC1CCc2sc(C(=O)N(Cc3ccco3)C3CCN(C)CC3)cc2C1. The van der Waals surface area contributed by atoms with Gasteiger partial charge in [0.1, 0.15) is 5.76 Å². The van der Waals surface area contributed by atoms with Crippen molar-refractivity contribution in [2.45, 2.75) is 51.6 Å². The zero-order valence-electron chi connectivity index (χ0n) is 15.7. The number of thiophene rings is 1. The van der Waals surface area contributed by atoms with E-state index in [1.807, 2.05) is 12.1 Å². The van der Waals surface area contributed by atoms with Crippen LogP contribution in [0.15, 0.2) is 28.9 Å². The van der Waals surface area contributed by atoms with Gasteiger partial charge in [-0.3, -0.25) is 4.79 Å². The standard InChI is InChI=1S/C21H28N2O2S/c1-15-5-6-19-16(12-15)13-20(26-19)21(24)23(14-18-4-3-11-25-18)17-7-9-22(2)10-8-17/h3-4,11,13,15,17H,5-10,12,14H2,1-2H3. The lowest BCUT2D eigenvalue weighted by Gasteiger charge is -2.36. The van der Waals surface area contributed by atoms with Crippen LogP contribution in [0.1, 0.15) is 52.1 Å². The summed E-state index contributed by atoms with van der Waals surface area (Å²) in [6.45, 7) is 4.97. The molecule has 0 N–H and O–H groups in total. The summed E-state index contributed by atoms with van der Waals surface area (Å²) >= 11 is 1.72. The largest absolute Gasteiger partial charge is 0.467 e. The summed E-state index contributed by atoms with van der Waals surface area (Å²) in [4.78, 5) is 20.2. The number of furan rings is 1. The molecule has 26 heavy (non-hydrogen) atoms. The van der Waals surface area contributed by atoms with Crippen molar-refractivity contribution in [2.75, 3.05) is 20.1 Å². The minimum Gasteiger partial charge on any atom is -0.467 e. The number of rotatable bonds is 4. The summed E-state index contributed by atoms with van der Waals surface area (Å²) in [5, 5.41) is 0. The predicted octanol–water partition coefficient (Wildman–Crippen LogP) is 4.20. The summed E-state index contributed by atoms with van der Waals surface area (Å²) in [6.07, 6.45) is 7.24. The molecule has 5 heteroatoms. The van der Waals surface area contributed by atoms with Crippen molar-refractivity contribution < 1.29 is 9.21 Å². The van der Waals surface area contributed by atoms with Gasteiger partial charge in [0, 0.05) is 10.9 Å². The zero-order valence-corrected chi connectivity index (χ0v) is 16.6. The van der Waals surface area contributed by atoms with E-state index in [-0.39, 0.29) is 5.91 Å². The van der Waals surface area contributed by atoms with Crippen molar-refractivity contribution in [1.82, 2.24) is 9.80 Å². The molecule has 4 nitrogen and oxygen atoms in total. The number of carbonyl (C=O) groups excluding carboxylic acids is 1. The van der Waals surface area contributed by atoms with Crippen molar-refractivity contribution in [3.05, 3.63) is 45.5 Å². The molecule has 140 valence electrons. The first-order chi connectivity index (χ1) is 12.6. The van der Waals surface area contributed by atoms with Crippen LogP contribution in [-0.4, -0.2) is 41.9 Å². The molecule has 1 saturated heterocycles. The Labute approximate surface area is 159 Å². The van der Waals surface area contributed by atoms with E-state index in [4.69, 9.17) is 4.42 Å². The normalized spacial score (nSPS) is 21.5. The van der Waals surface area contributed by atoms with Gasteiger partial charge >= 0.3 is 0 Å². The van der Waals surface area contributed by atoms with Gasteiger partial charge in [-0.15, -0.1) is 11.3 Å². The highest BCUT2D eigenvalue weighted by Crippen LogP contribution is 2.33. The summed E-state index contributed by atoms with van der Waals surface area (Å²) in [5.74, 6) is 1.78. The molecule has 0 spiro atoms. The number of carbonyl (C=O) groups is 1. The van der Waals surface area contributed by atoms with E-state index in [0.29, 0.717) is 12.6 Å². The zero-order chi connectivity index (χ0) is 18.1. The Morgan fingerprint density at radius 2 is 2.15 bits per heavy atom. The van der Waals surface area contributed by atoms with Crippen LogP contribution in [0.25, 0.3) is 0 Å². The van der Waals surface area contributed by atoms with Gasteiger partial charge in [-0.25, -0.2) is 0 Å². The minimum absolute atomic E-state index is 0.183. The first-order valence-electron chi connectivity index (χ1n) is 9.73. The van der Waals surface area contributed by atoms with Crippen LogP contribution in [-0.2, 0) is 19.4 Å². The van der Waals surface area contributed by atoms with Crippen molar-refractivity contribution in [3.63, 3.8) is 0 Å². The summed E-state index contributed by atoms with van der Waals surface area (Å²) in [6, 6.07) is 6.33. The van der Waals surface area contributed by atoms with Gasteiger partial charge in [-0.05, 0) is 81.9 Å². The number of nitrogens with zero attached hydrogens (tertiary/aromatic N) is 2. The molecular formula is C21H28N2O2S. The third kappa shape index (κ3) is 3.74. The topological polar surface area (TPSA) is 36.7 Å². The molecule has 1 unspecified atom stereocenters.